The van der Waals surface area contributed by atoms with Crippen molar-refractivity contribution < 1.29 is 13.2 Å². The van der Waals surface area contributed by atoms with E-state index in [-0.39, 0.29) is 5.69 Å². The highest BCUT2D eigenvalue weighted by Crippen LogP contribution is 2.25. The lowest BCUT2D eigenvalue weighted by Gasteiger charge is -2.09. The van der Waals surface area contributed by atoms with Gasteiger partial charge in [-0.25, -0.2) is 8.78 Å². The van der Waals surface area contributed by atoms with E-state index in [0.29, 0.717) is 12.1 Å². The van der Waals surface area contributed by atoms with E-state index in [9.17, 15) is 8.78 Å². The second-order valence-electron chi connectivity index (χ2n) is 4.66. The second kappa shape index (κ2) is 4.96. The molecule has 2 aromatic carbocycles. The van der Waals surface area contributed by atoms with Gasteiger partial charge in [-0.15, -0.1) is 0 Å². The molecule has 102 valence electrons. The molecule has 0 saturated heterocycles. The minimum absolute atomic E-state index is 0.102. The normalized spacial score (nSPS) is 10.9. The largest absolute Gasteiger partial charge is 0.464 e. The maximum Gasteiger partial charge on any atom is 0.152 e. The van der Waals surface area contributed by atoms with Crippen LogP contribution in [0.15, 0.2) is 47.1 Å². The molecule has 20 heavy (non-hydrogen) atoms. The van der Waals surface area contributed by atoms with Crippen LogP contribution in [-0.4, -0.2) is 0 Å². The van der Waals surface area contributed by atoms with Crippen LogP contribution < -0.4 is 5.32 Å². The van der Waals surface area contributed by atoms with Crippen molar-refractivity contribution in [1.82, 2.24) is 0 Å². The van der Waals surface area contributed by atoms with Crippen molar-refractivity contribution >= 4 is 16.7 Å². The molecule has 0 aliphatic carbocycles. The molecule has 4 heteroatoms. The van der Waals surface area contributed by atoms with Gasteiger partial charge < -0.3 is 9.73 Å². The molecule has 0 unspecified atom stereocenters. The predicted molar refractivity (Wildman–Crippen MR) is 74.6 cm³/mol. The van der Waals surface area contributed by atoms with Crippen molar-refractivity contribution in [2.45, 2.75) is 13.5 Å². The Labute approximate surface area is 115 Å². The quantitative estimate of drug-likeness (QED) is 0.752. The summed E-state index contributed by atoms with van der Waals surface area (Å²) in [5.74, 6) is -1.15. The SMILES string of the molecule is Cc1ccc(F)c(NCc2coc3ccccc23)c1F. The van der Waals surface area contributed by atoms with Gasteiger partial charge in [-0.05, 0) is 24.6 Å². The van der Waals surface area contributed by atoms with E-state index in [2.05, 4.69) is 5.32 Å². The van der Waals surface area contributed by atoms with Crippen molar-refractivity contribution in [1.29, 1.82) is 0 Å². The standard InChI is InChI=1S/C16H13F2NO/c1-10-6-7-13(17)16(15(10)18)19-8-11-9-20-14-5-3-2-4-12(11)14/h2-7,9,19H,8H2,1H3. The minimum atomic E-state index is -0.596. The number of anilines is 1. The zero-order valence-corrected chi connectivity index (χ0v) is 10.9. The number of hydrogen-bond donors (Lipinski definition) is 1. The number of aryl methyl sites for hydroxylation is 1. The third-order valence-electron chi connectivity index (χ3n) is 3.30. The number of para-hydroxylation sites is 1. The first kappa shape index (κ1) is 12.7. The first-order valence-corrected chi connectivity index (χ1v) is 6.30. The summed E-state index contributed by atoms with van der Waals surface area (Å²) in [7, 11) is 0. The highest BCUT2D eigenvalue weighted by Gasteiger charge is 2.12. The van der Waals surface area contributed by atoms with E-state index in [1.807, 2.05) is 24.3 Å². The van der Waals surface area contributed by atoms with E-state index in [1.54, 1.807) is 13.2 Å². The van der Waals surface area contributed by atoms with Gasteiger partial charge in [-0.3, -0.25) is 0 Å². The fourth-order valence-electron chi connectivity index (χ4n) is 2.17. The molecule has 0 amide bonds. The molecule has 1 N–H and O–H groups in total. The van der Waals surface area contributed by atoms with Crippen LogP contribution in [0, 0.1) is 18.6 Å². The van der Waals surface area contributed by atoms with Crippen molar-refractivity contribution in [3.8, 4) is 0 Å². The van der Waals surface area contributed by atoms with Crippen LogP contribution in [0.25, 0.3) is 11.0 Å². The topological polar surface area (TPSA) is 25.2 Å². The maximum atomic E-state index is 13.9. The molecule has 3 aromatic rings. The molecule has 0 fully saturated rings. The fourth-order valence-corrected chi connectivity index (χ4v) is 2.17. The van der Waals surface area contributed by atoms with Crippen LogP contribution in [-0.2, 0) is 6.54 Å². The Kier molecular flexibility index (Phi) is 3.14. The van der Waals surface area contributed by atoms with Gasteiger partial charge in [-0.2, -0.15) is 0 Å². The van der Waals surface area contributed by atoms with Gasteiger partial charge in [0.25, 0.3) is 0 Å². The van der Waals surface area contributed by atoms with E-state index >= 15 is 0 Å². The smallest absolute Gasteiger partial charge is 0.152 e. The molecule has 0 atom stereocenters. The van der Waals surface area contributed by atoms with E-state index in [1.165, 1.54) is 12.1 Å². The van der Waals surface area contributed by atoms with E-state index < -0.39 is 11.6 Å². The molecule has 0 aliphatic heterocycles. The van der Waals surface area contributed by atoms with Crippen LogP contribution in [0.2, 0.25) is 0 Å². The number of hydrogen-bond acceptors (Lipinski definition) is 2. The summed E-state index contributed by atoms with van der Waals surface area (Å²) in [5.41, 5.74) is 1.93. The summed E-state index contributed by atoms with van der Waals surface area (Å²) in [5, 5.41) is 3.74. The first-order valence-electron chi connectivity index (χ1n) is 6.30. The van der Waals surface area contributed by atoms with Crippen LogP contribution in [0.3, 0.4) is 0 Å². The van der Waals surface area contributed by atoms with Crippen molar-refractivity contribution in [2.75, 3.05) is 5.32 Å². The minimum Gasteiger partial charge on any atom is -0.464 e. The fraction of sp³-hybridized carbons (Fsp3) is 0.125. The zero-order valence-electron chi connectivity index (χ0n) is 10.9. The molecular formula is C16H13F2NO. The zero-order chi connectivity index (χ0) is 14.1. The summed E-state index contributed by atoms with van der Waals surface area (Å²) in [4.78, 5) is 0. The third-order valence-corrected chi connectivity index (χ3v) is 3.30. The predicted octanol–water partition coefficient (Wildman–Crippen LogP) is 4.63. The summed E-state index contributed by atoms with van der Waals surface area (Å²) in [6, 6.07) is 10.2. The average Bonchev–Trinajstić information content (AvgIpc) is 2.87. The van der Waals surface area contributed by atoms with Crippen molar-refractivity contribution in [3.63, 3.8) is 0 Å². The van der Waals surface area contributed by atoms with Gasteiger partial charge in [0.15, 0.2) is 5.82 Å². The first-order chi connectivity index (χ1) is 9.66. The number of halogens is 2. The Morgan fingerprint density at radius 3 is 2.75 bits per heavy atom. The molecule has 2 nitrogen and oxygen atoms in total. The number of rotatable bonds is 3. The molecule has 0 saturated carbocycles. The van der Waals surface area contributed by atoms with Gasteiger partial charge >= 0.3 is 0 Å². The van der Waals surface area contributed by atoms with E-state index in [4.69, 9.17) is 4.42 Å². The summed E-state index contributed by atoms with van der Waals surface area (Å²) < 4.78 is 32.9. The highest BCUT2D eigenvalue weighted by molar-refractivity contribution is 5.81. The van der Waals surface area contributed by atoms with Crippen LogP contribution in [0.5, 0.6) is 0 Å². The summed E-state index contributed by atoms with van der Waals surface area (Å²) >= 11 is 0. The molecule has 0 aliphatic rings. The lowest BCUT2D eigenvalue weighted by Crippen LogP contribution is -2.04. The lowest BCUT2D eigenvalue weighted by atomic mass is 10.1. The van der Waals surface area contributed by atoms with Crippen LogP contribution in [0.4, 0.5) is 14.5 Å². The van der Waals surface area contributed by atoms with Crippen LogP contribution in [0.1, 0.15) is 11.1 Å². The van der Waals surface area contributed by atoms with Crippen molar-refractivity contribution in [2.24, 2.45) is 0 Å². The van der Waals surface area contributed by atoms with Gasteiger partial charge in [-0.1, -0.05) is 24.3 Å². The highest BCUT2D eigenvalue weighted by atomic mass is 19.1. The molecule has 3 rings (SSSR count). The molecule has 0 radical (unpaired) electrons. The second-order valence-corrected chi connectivity index (χ2v) is 4.66. The number of benzene rings is 2. The molecule has 0 bridgehead atoms. The monoisotopic (exact) mass is 273 g/mol. The number of fused-ring (bicyclic) bond motifs is 1. The van der Waals surface area contributed by atoms with E-state index in [0.717, 1.165) is 16.5 Å². The Bertz CT molecular complexity index is 764. The number of furan rings is 1. The number of nitrogens with one attached hydrogen (secondary N) is 1. The lowest BCUT2D eigenvalue weighted by molar-refractivity contribution is 0.581. The Morgan fingerprint density at radius 1 is 1.10 bits per heavy atom. The molecule has 0 spiro atoms. The Morgan fingerprint density at radius 2 is 1.90 bits per heavy atom. The average molecular weight is 273 g/mol. The van der Waals surface area contributed by atoms with Gasteiger partial charge in [0, 0.05) is 17.5 Å². The van der Waals surface area contributed by atoms with Crippen molar-refractivity contribution in [3.05, 3.63) is 65.4 Å². The Balaban J connectivity index is 1.89. The molecule has 1 aromatic heterocycles. The maximum absolute atomic E-state index is 13.9. The summed E-state index contributed by atoms with van der Waals surface area (Å²) in [6.45, 7) is 1.90. The summed E-state index contributed by atoms with van der Waals surface area (Å²) in [6.07, 6.45) is 1.60. The Hall–Kier alpha value is -2.36. The molecular weight excluding hydrogens is 260 g/mol. The molecule has 1 heterocycles. The van der Waals surface area contributed by atoms with Gasteiger partial charge in [0.05, 0.1) is 6.26 Å². The van der Waals surface area contributed by atoms with Gasteiger partial charge in [0.1, 0.15) is 17.1 Å². The third kappa shape index (κ3) is 2.13. The van der Waals surface area contributed by atoms with Crippen LogP contribution >= 0.6 is 0 Å². The van der Waals surface area contributed by atoms with Gasteiger partial charge in [0.2, 0.25) is 0 Å².